The van der Waals surface area contributed by atoms with Crippen molar-refractivity contribution in [3.05, 3.63) is 55.6 Å². The van der Waals surface area contributed by atoms with Crippen LogP contribution in [-0.4, -0.2) is 14.5 Å². The number of fused-ring (bicyclic) bond motifs is 2. The van der Waals surface area contributed by atoms with Gasteiger partial charge in [0.1, 0.15) is 5.82 Å². The molecule has 0 aliphatic carbocycles. The number of hydrogen-bond acceptors (Lipinski definition) is 3. The fourth-order valence-corrected chi connectivity index (χ4v) is 2.10. The molecule has 0 radical (unpaired) electrons. The van der Waals surface area contributed by atoms with Crippen LogP contribution in [0.25, 0.3) is 27.4 Å². The zero-order valence-electron chi connectivity index (χ0n) is 9.45. The Morgan fingerprint density at radius 3 is 2.78 bits per heavy atom. The predicted molar refractivity (Wildman–Crippen MR) is 68.6 cm³/mol. The summed E-state index contributed by atoms with van der Waals surface area (Å²) in [5.41, 5.74) is 0. The first-order valence-electron chi connectivity index (χ1n) is 5.64. The van der Waals surface area contributed by atoms with Crippen molar-refractivity contribution < 1.29 is 4.42 Å². The first-order valence-corrected chi connectivity index (χ1v) is 5.64. The van der Waals surface area contributed by atoms with Crippen LogP contribution in [0.5, 0.6) is 0 Å². The quantitative estimate of drug-likeness (QED) is 0.509. The smallest absolute Gasteiger partial charge is 0.137 e. The number of pyridine rings is 2. The monoisotopic (exact) mass is 235 g/mol. The van der Waals surface area contributed by atoms with Crippen molar-refractivity contribution >= 4 is 21.5 Å². The Bertz CT molecular complexity index is 811. The average Bonchev–Trinajstić information content (AvgIpc) is 3.04. The molecule has 18 heavy (non-hydrogen) atoms. The molecule has 0 unspecified atom stereocenters. The molecule has 0 aliphatic heterocycles. The van der Waals surface area contributed by atoms with Gasteiger partial charge in [0, 0.05) is 52.5 Å². The van der Waals surface area contributed by atoms with Crippen LogP contribution in [0, 0.1) is 0 Å². The Kier molecular flexibility index (Phi) is 1.80. The van der Waals surface area contributed by atoms with Crippen LogP contribution in [0.4, 0.5) is 0 Å². The number of hydrogen-bond donors (Lipinski definition) is 0. The first kappa shape index (κ1) is 9.41. The molecule has 0 saturated carbocycles. The second kappa shape index (κ2) is 3.43. The van der Waals surface area contributed by atoms with Crippen LogP contribution < -0.4 is 0 Å². The topological polar surface area (TPSA) is 43.9 Å². The van der Waals surface area contributed by atoms with E-state index in [9.17, 15) is 0 Å². The predicted octanol–water partition coefficient (Wildman–Crippen LogP) is 3.17. The van der Waals surface area contributed by atoms with Crippen molar-refractivity contribution in [1.82, 2.24) is 14.5 Å². The summed E-state index contributed by atoms with van der Waals surface area (Å²) in [7, 11) is 0. The molecule has 0 spiro atoms. The van der Waals surface area contributed by atoms with Gasteiger partial charge in [0.15, 0.2) is 0 Å². The van der Waals surface area contributed by atoms with Crippen LogP contribution in [0.3, 0.4) is 0 Å². The lowest BCUT2D eigenvalue weighted by Crippen LogP contribution is -1.92. The fourth-order valence-electron chi connectivity index (χ4n) is 2.10. The van der Waals surface area contributed by atoms with Crippen molar-refractivity contribution in [2.45, 2.75) is 0 Å². The average molecular weight is 235 g/mol. The van der Waals surface area contributed by atoms with E-state index < -0.39 is 0 Å². The SMILES string of the molecule is c1cc2cn(-c3cc4cocc4cn3)cc2cn1. The lowest BCUT2D eigenvalue weighted by molar-refractivity contribution is 0.572. The van der Waals surface area contributed by atoms with Crippen molar-refractivity contribution in [1.29, 1.82) is 0 Å². The van der Waals surface area contributed by atoms with Crippen molar-refractivity contribution in [2.75, 3.05) is 0 Å². The van der Waals surface area contributed by atoms with Gasteiger partial charge in [-0.25, -0.2) is 4.98 Å². The third kappa shape index (κ3) is 1.32. The van der Waals surface area contributed by atoms with Crippen LogP contribution in [-0.2, 0) is 0 Å². The maximum atomic E-state index is 5.16. The van der Waals surface area contributed by atoms with Gasteiger partial charge in [0.25, 0.3) is 0 Å². The molecule has 86 valence electrons. The first-order chi connectivity index (χ1) is 8.90. The van der Waals surface area contributed by atoms with Crippen LogP contribution in [0.1, 0.15) is 0 Å². The van der Waals surface area contributed by atoms with Crippen LogP contribution in [0.2, 0.25) is 0 Å². The third-order valence-corrected chi connectivity index (χ3v) is 3.05. The highest BCUT2D eigenvalue weighted by atomic mass is 16.3. The minimum Gasteiger partial charge on any atom is -0.471 e. The molecular formula is C14H9N3O. The maximum absolute atomic E-state index is 5.16. The van der Waals surface area contributed by atoms with E-state index in [1.165, 1.54) is 0 Å². The van der Waals surface area contributed by atoms with Crippen molar-refractivity contribution in [3.63, 3.8) is 0 Å². The molecule has 0 aromatic carbocycles. The second-order valence-electron chi connectivity index (χ2n) is 4.21. The molecule has 4 heterocycles. The molecule has 4 aromatic heterocycles. The molecule has 0 saturated heterocycles. The molecule has 0 atom stereocenters. The minimum absolute atomic E-state index is 0.875. The summed E-state index contributed by atoms with van der Waals surface area (Å²) in [4.78, 5) is 8.54. The number of nitrogens with zero attached hydrogens (tertiary/aromatic N) is 3. The van der Waals surface area contributed by atoms with Crippen molar-refractivity contribution in [2.24, 2.45) is 0 Å². The Morgan fingerprint density at radius 1 is 0.944 bits per heavy atom. The van der Waals surface area contributed by atoms with E-state index >= 15 is 0 Å². The zero-order valence-corrected chi connectivity index (χ0v) is 9.45. The highest BCUT2D eigenvalue weighted by molar-refractivity contribution is 5.83. The largest absolute Gasteiger partial charge is 0.471 e. The highest BCUT2D eigenvalue weighted by Crippen LogP contribution is 2.20. The molecule has 0 amide bonds. The lowest BCUT2D eigenvalue weighted by Gasteiger charge is -2.00. The Hall–Kier alpha value is -2.62. The molecule has 0 N–H and O–H groups in total. The van der Waals surface area contributed by atoms with E-state index in [-0.39, 0.29) is 0 Å². The third-order valence-electron chi connectivity index (χ3n) is 3.05. The standard InChI is InChI=1S/C14H9N3O/c1-2-15-4-12-7-17(6-10(1)12)14-3-11-8-18-9-13(11)5-16-14/h1-9H. The normalized spacial score (nSPS) is 11.3. The molecular weight excluding hydrogens is 226 g/mol. The second-order valence-corrected chi connectivity index (χ2v) is 4.21. The van der Waals surface area contributed by atoms with E-state index in [2.05, 4.69) is 9.97 Å². The highest BCUT2D eigenvalue weighted by Gasteiger charge is 2.04. The van der Waals surface area contributed by atoms with Gasteiger partial charge in [-0.05, 0) is 12.1 Å². The number of aromatic nitrogens is 3. The number of rotatable bonds is 1. The molecule has 4 heteroatoms. The number of furan rings is 1. The fraction of sp³-hybridized carbons (Fsp3) is 0. The van der Waals surface area contributed by atoms with Gasteiger partial charge >= 0.3 is 0 Å². The Morgan fingerprint density at radius 2 is 1.83 bits per heavy atom. The van der Waals surface area contributed by atoms with E-state index in [1.807, 2.05) is 41.5 Å². The summed E-state index contributed by atoms with van der Waals surface area (Å²) >= 11 is 0. The maximum Gasteiger partial charge on any atom is 0.137 e. The van der Waals surface area contributed by atoms with E-state index in [0.717, 1.165) is 27.4 Å². The summed E-state index contributed by atoms with van der Waals surface area (Å²) in [6.45, 7) is 0. The Labute approximate surface area is 103 Å². The zero-order chi connectivity index (χ0) is 11.9. The molecule has 0 aliphatic rings. The minimum atomic E-state index is 0.875. The van der Waals surface area contributed by atoms with E-state index in [4.69, 9.17) is 4.42 Å². The van der Waals surface area contributed by atoms with Crippen LogP contribution >= 0.6 is 0 Å². The summed E-state index contributed by atoms with van der Waals surface area (Å²) in [6, 6.07) is 3.99. The molecule has 0 fully saturated rings. The summed E-state index contributed by atoms with van der Waals surface area (Å²) in [6.07, 6.45) is 13.0. The van der Waals surface area contributed by atoms with Gasteiger partial charge in [-0.2, -0.15) is 0 Å². The van der Waals surface area contributed by atoms with Crippen molar-refractivity contribution in [3.8, 4) is 5.82 Å². The molecule has 0 bridgehead atoms. The van der Waals surface area contributed by atoms with E-state index in [0.29, 0.717) is 0 Å². The molecule has 4 rings (SSSR count). The molecule has 4 aromatic rings. The Balaban J connectivity index is 1.94. The van der Waals surface area contributed by atoms with E-state index in [1.54, 1.807) is 18.7 Å². The summed E-state index contributed by atoms with van der Waals surface area (Å²) in [5, 5.41) is 4.32. The van der Waals surface area contributed by atoms with Crippen LogP contribution in [0.15, 0.2) is 60.1 Å². The molecule has 4 nitrogen and oxygen atoms in total. The van der Waals surface area contributed by atoms with Gasteiger partial charge in [0.05, 0.1) is 12.5 Å². The van der Waals surface area contributed by atoms with Gasteiger partial charge in [-0.1, -0.05) is 0 Å². The van der Waals surface area contributed by atoms with Gasteiger partial charge < -0.3 is 8.98 Å². The van der Waals surface area contributed by atoms with Gasteiger partial charge in [-0.15, -0.1) is 0 Å². The summed E-state index contributed by atoms with van der Waals surface area (Å²) in [5.74, 6) is 0.875. The summed E-state index contributed by atoms with van der Waals surface area (Å²) < 4.78 is 7.15. The van der Waals surface area contributed by atoms with Gasteiger partial charge in [0.2, 0.25) is 0 Å². The van der Waals surface area contributed by atoms with Gasteiger partial charge in [-0.3, -0.25) is 4.98 Å². The lowest BCUT2D eigenvalue weighted by atomic mass is 10.3.